The molecule has 0 unspecified atom stereocenters. The van der Waals surface area contributed by atoms with Gasteiger partial charge in [-0.2, -0.15) is 8.42 Å². The number of aryl methyl sites for hydroxylation is 2. The molecule has 0 bridgehead atoms. The van der Waals surface area contributed by atoms with Gasteiger partial charge in [0.05, 0.1) is 12.2 Å². The fraction of sp³-hybridized carbons (Fsp3) is 0.375. The SMILES string of the molecule is CCOC(=O)c1c(CN(CC)CC)n(C)c2ccc(OS(=O)(=O)c3ccc(C)cc3)cc12. The zero-order valence-electron chi connectivity index (χ0n) is 19.2. The Balaban J connectivity index is 2.09. The monoisotopic (exact) mass is 458 g/mol. The Labute approximate surface area is 189 Å². The Morgan fingerprint density at radius 2 is 1.69 bits per heavy atom. The molecule has 0 spiro atoms. The van der Waals surface area contributed by atoms with Crippen LogP contribution in [0.5, 0.6) is 5.75 Å². The molecule has 8 heteroatoms. The lowest BCUT2D eigenvalue weighted by molar-refractivity contribution is 0.0526. The third-order valence-corrected chi connectivity index (χ3v) is 6.82. The van der Waals surface area contributed by atoms with Gasteiger partial charge in [0.2, 0.25) is 0 Å². The number of ether oxygens (including phenoxy) is 1. The first-order chi connectivity index (χ1) is 15.2. The number of hydrogen-bond donors (Lipinski definition) is 0. The molecule has 3 aromatic rings. The molecule has 1 heterocycles. The fourth-order valence-corrected chi connectivity index (χ4v) is 4.61. The fourth-order valence-electron chi connectivity index (χ4n) is 3.68. The summed E-state index contributed by atoms with van der Waals surface area (Å²) in [6, 6.07) is 11.4. The molecule has 3 rings (SSSR count). The van der Waals surface area contributed by atoms with E-state index in [0.717, 1.165) is 29.9 Å². The molecule has 0 atom stereocenters. The second kappa shape index (κ2) is 9.75. The number of aromatic nitrogens is 1. The Morgan fingerprint density at radius 3 is 2.28 bits per heavy atom. The van der Waals surface area contributed by atoms with Gasteiger partial charge < -0.3 is 13.5 Å². The standard InChI is InChI=1S/C24H30N2O5S/c1-6-26(7-2)16-22-23(24(27)30-8-3)20-15-18(11-14-21(20)25(22)5)31-32(28,29)19-12-9-17(4)10-13-19/h9-15H,6-8,16H2,1-5H3. The van der Waals surface area contributed by atoms with Gasteiger partial charge in [-0.25, -0.2) is 4.79 Å². The zero-order valence-corrected chi connectivity index (χ0v) is 20.0. The predicted octanol–water partition coefficient (Wildman–Crippen LogP) is 4.27. The van der Waals surface area contributed by atoms with Crippen molar-refractivity contribution in [1.29, 1.82) is 0 Å². The minimum Gasteiger partial charge on any atom is -0.462 e. The molecule has 0 saturated heterocycles. The van der Waals surface area contributed by atoms with Crippen molar-refractivity contribution in [3.05, 3.63) is 59.3 Å². The van der Waals surface area contributed by atoms with Gasteiger partial charge in [0, 0.05) is 30.2 Å². The van der Waals surface area contributed by atoms with Crippen LogP contribution in [0.3, 0.4) is 0 Å². The number of rotatable bonds is 9. The van der Waals surface area contributed by atoms with E-state index in [0.29, 0.717) is 17.5 Å². The highest BCUT2D eigenvalue weighted by Crippen LogP contribution is 2.31. The molecule has 0 N–H and O–H groups in total. The van der Waals surface area contributed by atoms with E-state index in [1.807, 2.05) is 18.5 Å². The normalized spacial score (nSPS) is 11.8. The van der Waals surface area contributed by atoms with Gasteiger partial charge in [-0.05, 0) is 57.3 Å². The molecule has 0 fully saturated rings. The highest BCUT2D eigenvalue weighted by molar-refractivity contribution is 7.87. The lowest BCUT2D eigenvalue weighted by Gasteiger charge is -2.19. The lowest BCUT2D eigenvalue weighted by atomic mass is 10.1. The average Bonchev–Trinajstić information content (AvgIpc) is 3.03. The molecule has 0 amide bonds. The molecule has 0 saturated carbocycles. The van der Waals surface area contributed by atoms with Crippen molar-refractivity contribution in [3.63, 3.8) is 0 Å². The Morgan fingerprint density at radius 1 is 1.03 bits per heavy atom. The molecule has 172 valence electrons. The molecule has 0 aliphatic carbocycles. The van der Waals surface area contributed by atoms with E-state index < -0.39 is 16.1 Å². The number of carbonyl (C=O) groups is 1. The van der Waals surface area contributed by atoms with Crippen LogP contribution in [0.25, 0.3) is 10.9 Å². The number of nitrogens with zero attached hydrogens (tertiary/aromatic N) is 2. The largest absolute Gasteiger partial charge is 0.462 e. The van der Waals surface area contributed by atoms with Crippen LogP contribution in [0.4, 0.5) is 0 Å². The van der Waals surface area contributed by atoms with Crippen molar-refractivity contribution in [2.75, 3.05) is 19.7 Å². The second-order valence-corrected chi connectivity index (χ2v) is 9.14. The third kappa shape index (κ3) is 4.81. The summed E-state index contributed by atoms with van der Waals surface area (Å²) >= 11 is 0. The summed E-state index contributed by atoms with van der Waals surface area (Å²) in [4.78, 5) is 15.2. The summed E-state index contributed by atoms with van der Waals surface area (Å²) in [7, 11) is -2.11. The van der Waals surface area contributed by atoms with Gasteiger partial charge in [-0.15, -0.1) is 0 Å². The van der Waals surface area contributed by atoms with E-state index in [-0.39, 0.29) is 17.3 Å². The maximum atomic E-state index is 12.9. The quantitative estimate of drug-likeness (QED) is 0.352. The average molecular weight is 459 g/mol. The molecular weight excluding hydrogens is 428 g/mol. The Hall–Kier alpha value is -2.84. The topological polar surface area (TPSA) is 77.8 Å². The van der Waals surface area contributed by atoms with Crippen molar-refractivity contribution in [3.8, 4) is 5.75 Å². The third-order valence-electron chi connectivity index (χ3n) is 5.56. The lowest BCUT2D eigenvalue weighted by Crippen LogP contribution is -2.25. The molecule has 0 aliphatic heterocycles. The Bertz CT molecular complexity index is 1210. The molecule has 32 heavy (non-hydrogen) atoms. The summed E-state index contributed by atoms with van der Waals surface area (Å²) in [5.41, 5.74) is 3.01. The highest BCUT2D eigenvalue weighted by atomic mass is 32.2. The van der Waals surface area contributed by atoms with Gasteiger partial charge in [0.25, 0.3) is 0 Å². The number of esters is 1. The van der Waals surface area contributed by atoms with Crippen LogP contribution in [0.15, 0.2) is 47.4 Å². The molecular formula is C24H30N2O5S. The van der Waals surface area contributed by atoms with Gasteiger partial charge in [-0.3, -0.25) is 4.90 Å². The molecule has 1 aromatic heterocycles. The molecule has 0 aliphatic rings. The maximum Gasteiger partial charge on any atom is 0.340 e. The summed E-state index contributed by atoms with van der Waals surface area (Å²) < 4.78 is 38.2. The first-order valence-electron chi connectivity index (χ1n) is 10.7. The van der Waals surface area contributed by atoms with E-state index in [2.05, 4.69) is 18.7 Å². The first-order valence-corrected chi connectivity index (χ1v) is 12.1. The van der Waals surface area contributed by atoms with Crippen molar-refractivity contribution in [2.24, 2.45) is 7.05 Å². The maximum absolute atomic E-state index is 12.9. The van der Waals surface area contributed by atoms with Crippen LogP contribution in [-0.2, 0) is 28.4 Å². The van der Waals surface area contributed by atoms with Crippen molar-refractivity contribution in [1.82, 2.24) is 9.47 Å². The number of carbonyl (C=O) groups excluding carboxylic acids is 1. The van der Waals surface area contributed by atoms with Crippen LogP contribution in [0.1, 0.15) is 42.4 Å². The minimum atomic E-state index is -4.00. The number of benzene rings is 2. The Kier molecular flexibility index (Phi) is 7.26. The van der Waals surface area contributed by atoms with Crippen LogP contribution in [0, 0.1) is 6.92 Å². The first kappa shape index (κ1) is 23.8. The number of hydrogen-bond acceptors (Lipinski definition) is 6. The summed E-state index contributed by atoms with van der Waals surface area (Å²) in [6.07, 6.45) is 0. The van der Waals surface area contributed by atoms with E-state index in [1.165, 1.54) is 12.1 Å². The van der Waals surface area contributed by atoms with Gasteiger partial charge in [0.1, 0.15) is 10.6 Å². The van der Waals surface area contributed by atoms with Crippen molar-refractivity contribution < 1.29 is 22.1 Å². The number of fused-ring (bicyclic) bond motifs is 1. The van der Waals surface area contributed by atoms with Crippen LogP contribution in [0.2, 0.25) is 0 Å². The smallest absolute Gasteiger partial charge is 0.340 e. The molecule has 7 nitrogen and oxygen atoms in total. The van der Waals surface area contributed by atoms with Crippen LogP contribution >= 0.6 is 0 Å². The van der Waals surface area contributed by atoms with Crippen molar-refractivity contribution >= 4 is 27.0 Å². The predicted molar refractivity (Wildman–Crippen MR) is 124 cm³/mol. The summed E-state index contributed by atoms with van der Waals surface area (Å²) in [5.74, 6) is -0.289. The summed E-state index contributed by atoms with van der Waals surface area (Å²) in [6.45, 7) is 10.3. The van der Waals surface area contributed by atoms with Gasteiger partial charge in [-0.1, -0.05) is 31.5 Å². The van der Waals surface area contributed by atoms with E-state index in [9.17, 15) is 13.2 Å². The second-order valence-electron chi connectivity index (χ2n) is 7.59. The zero-order chi connectivity index (χ0) is 23.5. The van der Waals surface area contributed by atoms with E-state index in [1.54, 1.807) is 37.3 Å². The van der Waals surface area contributed by atoms with E-state index >= 15 is 0 Å². The highest BCUT2D eigenvalue weighted by Gasteiger charge is 2.25. The van der Waals surface area contributed by atoms with Crippen LogP contribution < -0.4 is 4.18 Å². The summed E-state index contributed by atoms with van der Waals surface area (Å²) in [5, 5.41) is 0.602. The van der Waals surface area contributed by atoms with E-state index in [4.69, 9.17) is 8.92 Å². The van der Waals surface area contributed by atoms with Gasteiger partial charge in [0.15, 0.2) is 0 Å². The molecule has 0 radical (unpaired) electrons. The minimum absolute atomic E-state index is 0.0732. The van der Waals surface area contributed by atoms with Crippen LogP contribution in [-0.4, -0.2) is 43.6 Å². The van der Waals surface area contributed by atoms with Crippen molar-refractivity contribution in [2.45, 2.75) is 39.1 Å². The molecule has 2 aromatic carbocycles. The van der Waals surface area contributed by atoms with Gasteiger partial charge >= 0.3 is 16.1 Å².